The number of alkyl halides is 3. The molecule has 1 fully saturated rings. The van der Waals surface area contributed by atoms with Crippen LogP contribution in [0, 0.1) is 0 Å². The number of aromatic nitrogens is 4. The third kappa shape index (κ3) is 6.90. The third-order valence-corrected chi connectivity index (χ3v) is 8.47. The molecule has 0 aliphatic carbocycles. The van der Waals surface area contributed by atoms with Crippen LogP contribution in [0.15, 0.2) is 73.3 Å². The number of nitrogens with zero attached hydrogens (tertiary/aromatic N) is 8. The van der Waals surface area contributed by atoms with Crippen LogP contribution in [0.25, 0.3) is 22.0 Å². The van der Waals surface area contributed by atoms with E-state index in [4.69, 9.17) is 4.74 Å². The largest absolute Gasteiger partial charge is 0.481 e. The molecule has 254 valence electrons. The van der Waals surface area contributed by atoms with E-state index in [-0.39, 0.29) is 11.4 Å². The summed E-state index contributed by atoms with van der Waals surface area (Å²) in [6.45, 7) is 2.22. The number of piperazine rings is 1. The highest BCUT2D eigenvalue weighted by molar-refractivity contribution is 6.07. The molecule has 5 aromatic rings. The standard InChI is InChI=1S/C35H36F3N9O2/c1-39-17-23-18-42-34(43-19-23)46-13-11-45(12-14-46)30-9-7-26(16-28(30)35(36,37)38)47(22-48)33-27-15-24(25-6-10-32(49-4)41-20-25)5-8-29(27)40-21-31(33)44(2)3/h5-10,15-16,18-22,39H,11-14,17H2,1-4H3. The van der Waals surface area contributed by atoms with Crippen LogP contribution in [-0.4, -0.2) is 80.8 Å². The van der Waals surface area contributed by atoms with E-state index in [9.17, 15) is 18.0 Å². The van der Waals surface area contributed by atoms with E-state index >= 15 is 0 Å². The number of carbonyl (C=O) groups excluding carboxylic acids is 1. The number of ether oxygens (including phenoxy) is 1. The molecule has 0 spiro atoms. The number of hydrogen-bond acceptors (Lipinski definition) is 10. The predicted molar refractivity (Wildman–Crippen MR) is 185 cm³/mol. The molecule has 1 amide bonds. The summed E-state index contributed by atoms with van der Waals surface area (Å²) in [5, 5.41) is 3.63. The van der Waals surface area contributed by atoms with Gasteiger partial charge in [0.2, 0.25) is 18.2 Å². The highest BCUT2D eigenvalue weighted by Crippen LogP contribution is 2.44. The van der Waals surface area contributed by atoms with E-state index in [0.717, 1.165) is 22.8 Å². The van der Waals surface area contributed by atoms with Gasteiger partial charge in [-0.2, -0.15) is 13.2 Å². The number of methoxy groups -OCH3 is 1. The summed E-state index contributed by atoms with van der Waals surface area (Å²) in [4.78, 5) is 37.3. The van der Waals surface area contributed by atoms with Gasteiger partial charge in [0.1, 0.15) is 0 Å². The highest BCUT2D eigenvalue weighted by atomic mass is 19.4. The first-order valence-corrected chi connectivity index (χ1v) is 15.6. The van der Waals surface area contributed by atoms with Gasteiger partial charge in [-0.15, -0.1) is 0 Å². The first kappa shape index (κ1) is 33.4. The Morgan fingerprint density at radius 2 is 1.59 bits per heavy atom. The summed E-state index contributed by atoms with van der Waals surface area (Å²) in [5.74, 6) is 1.00. The zero-order chi connectivity index (χ0) is 34.7. The van der Waals surface area contributed by atoms with Gasteiger partial charge in [0.15, 0.2) is 0 Å². The third-order valence-electron chi connectivity index (χ3n) is 8.47. The second-order valence-corrected chi connectivity index (χ2v) is 11.8. The lowest BCUT2D eigenvalue weighted by Gasteiger charge is -2.37. The van der Waals surface area contributed by atoms with Gasteiger partial charge in [-0.05, 0) is 49.0 Å². The first-order valence-electron chi connectivity index (χ1n) is 15.6. The fraction of sp³-hybridized carbons (Fsp3) is 0.286. The Balaban J connectivity index is 1.36. The van der Waals surface area contributed by atoms with Gasteiger partial charge in [0, 0.05) is 99.4 Å². The molecule has 0 radical (unpaired) electrons. The Morgan fingerprint density at radius 1 is 0.878 bits per heavy atom. The van der Waals surface area contributed by atoms with E-state index in [1.54, 1.807) is 60.8 Å². The minimum atomic E-state index is -4.68. The summed E-state index contributed by atoms with van der Waals surface area (Å²) in [6, 6.07) is 13.2. The summed E-state index contributed by atoms with van der Waals surface area (Å²) >= 11 is 0. The number of nitrogens with one attached hydrogen (secondary N) is 1. The fourth-order valence-electron chi connectivity index (χ4n) is 5.97. The molecule has 1 N–H and O–H groups in total. The molecular weight excluding hydrogens is 635 g/mol. The van der Waals surface area contributed by atoms with E-state index in [1.807, 2.05) is 36.2 Å². The van der Waals surface area contributed by atoms with Gasteiger partial charge in [-0.1, -0.05) is 6.07 Å². The summed E-state index contributed by atoms with van der Waals surface area (Å²) < 4.78 is 49.4. The monoisotopic (exact) mass is 671 g/mol. The van der Waals surface area contributed by atoms with Gasteiger partial charge in [0.25, 0.3) is 0 Å². The molecule has 0 saturated carbocycles. The maximum absolute atomic E-state index is 14.7. The SMILES string of the molecule is CNCc1cnc(N2CCN(c3ccc(N(C=O)c4c(N(C)C)cnc5ccc(-c6ccc(OC)nc6)cc45)cc3C(F)(F)F)CC2)nc1. The van der Waals surface area contributed by atoms with E-state index in [0.29, 0.717) is 73.2 Å². The summed E-state index contributed by atoms with van der Waals surface area (Å²) in [5.41, 5.74) is 3.36. The number of rotatable bonds is 10. The normalized spacial score (nSPS) is 13.4. The van der Waals surface area contributed by atoms with Crippen LogP contribution in [0.2, 0.25) is 0 Å². The van der Waals surface area contributed by atoms with Crippen molar-refractivity contribution in [3.8, 4) is 17.0 Å². The zero-order valence-electron chi connectivity index (χ0n) is 27.6. The quantitative estimate of drug-likeness (QED) is 0.191. The van der Waals surface area contributed by atoms with Gasteiger partial charge in [-0.25, -0.2) is 15.0 Å². The molecule has 0 unspecified atom stereocenters. The predicted octanol–water partition coefficient (Wildman–Crippen LogP) is 5.52. The maximum Gasteiger partial charge on any atom is 0.418 e. The molecule has 6 rings (SSSR count). The van der Waals surface area contributed by atoms with Crippen molar-refractivity contribution in [2.45, 2.75) is 12.7 Å². The summed E-state index contributed by atoms with van der Waals surface area (Å²) in [6.07, 6.45) is 2.63. The van der Waals surface area contributed by atoms with Gasteiger partial charge >= 0.3 is 6.18 Å². The van der Waals surface area contributed by atoms with Crippen molar-refractivity contribution in [1.82, 2.24) is 25.3 Å². The van der Waals surface area contributed by atoms with Gasteiger partial charge in [-0.3, -0.25) is 14.7 Å². The lowest BCUT2D eigenvalue weighted by atomic mass is 10.0. The van der Waals surface area contributed by atoms with Crippen molar-refractivity contribution < 1.29 is 22.7 Å². The number of carbonyl (C=O) groups is 1. The number of benzene rings is 2. The lowest BCUT2D eigenvalue weighted by Crippen LogP contribution is -2.47. The molecule has 1 saturated heterocycles. The van der Waals surface area contributed by atoms with Crippen LogP contribution in [0.5, 0.6) is 5.88 Å². The van der Waals surface area contributed by atoms with Gasteiger partial charge in [0.05, 0.1) is 35.8 Å². The minimum absolute atomic E-state index is 0.0498. The van der Waals surface area contributed by atoms with Crippen molar-refractivity contribution in [2.75, 3.05) is 74.0 Å². The average Bonchev–Trinajstić information content (AvgIpc) is 3.12. The number of anilines is 5. The van der Waals surface area contributed by atoms with Crippen LogP contribution in [0.3, 0.4) is 0 Å². The number of fused-ring (bicyclic) bond motifs is 1. The van der Waals surface area contributed by atoms with Crippen molar-refractivity contribution in [2.24, 2.45) is 0 Å². The van der Waals surface area contributed by atoms with Crippen LogP contribution in [-0.2, 0) is 17.5 Å². The molecule has 3 aromatic heterocycles. The van der Waals surface area contributed by atoms with Crippen LogP contribution in [0.1, 0.15) is 11.1 Å². The van der Waals surface area contributed by atoms with Crippen molar-refractivity contribution in [3.05, 3.63) is 84.4 Å². The molecule has 4 heterocycles. The number of pyridine rings is 2. The second-order valence-electron chi connectivity index (χ2n) is 11.8. The number of halogens is 3. The van der Waals surface area contributed by atoms with Crippen LogP contribution < -0.4 is 29.7 Å². The maximum atomic E-state index is 14.7. The van der Waals surface area contributed by atoms with Crippen LogP contribution in [0.4, 0.5) is 41.9 Å². The Labute approximate surface area is 282 Å². The molecule has 0 atom stereocenters. The van der Waals surface area contributed by atoms with Gasteiger partial charge < -0.3 is 24.8 Å². The topological polar surface area (TPSA) is 103 Å². The molecule has 0 bridgehead atoms. The Morgan fingerprint density at radius 3 is 2.20 bits per heavy atom. The first-order chi connectivity index (χ1) is 23.6. The molecule has 1 aliphatic rings. The van der Waals surface area contributed by atoms with Crippen molar-refractivity contribution in [1.29, 1.82) is 0 Å². The van der Waals surface area contributed by atoms with E-state index in [2.05, 4.69) is 25.3 Å². The smallest absolute Gasteiger partial charge is 0.418 e. The summed E-state index contributed by atoms with van der Waals surface area (Å²) in [7, 11) is 6.95. The minimum Gasteiger partial charge on any atom is -0.481 e. The highest BCUT2D eigenvalue weighted by Gasteiger charge is 2.37. The molecule has 49 heavy (non-hydrogen) atoms. The van der Waals surface area contributed by atoms with Crippen LogP contribution >= 0.6 is 0 Å². The average molecular weight is 672 g/mol. The molecular formula is C35H36F3N9O2. The Kier molecular flexibility index (Phi) is 9.49. The number of hydrogen-bond donors (Lipinski definition) is 1. The Bertz CT molecular complexity index is 1930. The lowest BCUT2D eigenvalue weighted by molar-refractivity contribution is -0.137. The van der Waals surface area contributed by atoms with E-state index in [1.165, 1.54) is 18.1 Å². The molecule has 11 nitrogen and oxygen atoms in total. The molecule has 1 aliphatic heterocycles. The molecule has 2 aromatic carbocycles. The Hall–Kier alpha value is -5.50. The van der Waals surface area contributed by atoms with E-state index < -0.39 is 11.7 Å². The fourth-order valence-corrected chi connectivity index (χ4v) is 5.97. The van der Waals surface area contributed by atoms with Crippen molar-refractivity contribution >= 4 is 46.0 Å². The molecule has 14 heteroatoms. The number of amides is 1. The van der Waals surface area contributed by atoms with Crippen molar-refractivity contribution in [3.63, 3.8) is 0 Å². The zero-order valence-corrected chi connectivity index (χ0v) is 27.6. The second kappa shape index (κ2) is 13.9.